The lowest BCUT2D eigenvalue weighted by Gasteiger charge is -2.16. The third-order valence-electron chi connectivity index (χ3n) is 1.88. The maximum atomic E-state index is 8.74. The number of aliphatic hydroxyl groups excluding tert-OH is 1. The minimum Gasteiger partial charge on any atom is -0.395 e. The van der Waals surface area contributed by atoms with Crippen LogP contribution in [0.3, 0.4) is 0 Å². The van der Waals surface area contributed by atoms with Gasteiger partial charge in [-0.15, -0.1) is 0 Å². The summed E-state index contributed by atoms with van der Waals surface area (Å²) in [5.41, 5.74) is 5.98. The molecule has 1 aromatic rings. The number of aliphatic hydroxyl groups is 1. The van der Waals surface area contributed by atoms with Crippen molar-refractivity contribution in [3.8, 4) is 0 Å². The predicted molar refractivity (Wildman–Crippen MR) is 55.6 cm³/mol. The molecule has 0 saturated carbocycles. The molecule has 0 spiro atoms. The van der Waals surface area contributed by atoms with E-state index in [2.05, 4.69) is 4.98 Å². The zero-order chi connectivity index (χ0) is 10.6. The lowest BCUT2D eigenvalue weighted by molar-refractivity contribution is 0.304. The molecule has 0 aliphatic rings. The topological polar surface area (TPSA) is 86.2 Å². The number of nitrogens with two attached hydrogens (primary N) is 1. The minimum atomic E-state index is 0.0195. The van der Waals surface area contributed by atoms with Crippen LogP contribution >= 0.6 is 0 Å². The Kier molecular flexibility index (Phi) is 3.41. The average Bonchev–Trinajstić information content (AvgIpc) is 2.18. The summed E-state index contributed by atoms with van der Waals surface area (Å²) in [4.78, 5) is 5.90. The summed E-state index contributed by atoms with van der Waals surface area (Å²) >= 11 is 0. The standard InChI is InChI=1S/C9H14N4O/c1-13(4-5-14)8-6-7(9(10)11)2-3-12-8/h2-3,6,14H,4-5H2,1H3,(H3,10,11). The second-order valence-corrected chi connectivity index (χ2v) is 2.96. The van der Waals surface area contributed by atoms with E-state index in [0.29, 0.717) is 17.9 Å². The van der Waals surface area contributed by atoms with Crippen LogP contribution in [0.5, 0.6) is 0 Å². The third-order valence-corrected chi connectivity index (χ3v) is 1.88. The summed E-state index contributed by atoms with van der Waals surface area (Å²) in [5, 5.41) is 16.0. The fraction of sp³-hybridized carbons (Fsp3) is 0.333. The highest BCUT2D eigenvalue weighted by Crippen LogP contribution is 2.09. The molecule has 0 fully saturated rings. The van der Waals surface area contributed by atoms with Crippen LogP contribution in [0.15, 0.2) is 18.3 Å². The average molecular weight is 194 g/mol. The van der Waals surface area contributed by atoms with E-state index in [1.807, 2.05) is 7.05 Å². The number of anilines is 1. The molecule has 0 aliphatic carbocycles. The van der Waals surface area contributed by atoms with Gasteiger partial charge in [0.2, 0.25) is 0 Å². The molecule has 0 aromatic carbocycles. The van der Waals surface area contributed by atoms with Crippen LogP contribution in [0, 0.1) is 5.41 Å². The number of nitrogens with one attached hydrogen (secondary N) is 1. The molecule has 0 bridgehead atoms. The molecule has 1 aromatic heterocycles. The molecule has 0 unspecified atom stereocenters. The first-order valence-corrected chi connectivity index (χ1v) is 4.27. The normalized spacial score (nSPS) is 9.86. The van der Waals surface area contributed by atoms with E-state index in [1.165, 1.54) is 0 Å². The number of hydrogen-bond acceptors (Lipinski definition) is 4. The van der Waals surface area contributed by atoms with Crippen molar-refractivity contribution < 1.29 is 5.11 Å². The number of rotatable bonds is 4. The summed E-state index contributed by atoms with van der Waals surface area (Å²) in [5.74, 6) is 0.720. The molecule has 4 N–H and O–H groups in total. The number of nitrogen functional groups attached to an aromatic ring is 1. The maximum Gasteiger partial charge on any atom is 0.129 e. The lowest BCUT2D eigenvalue weighted by Crippen LogP contribution is -2.23. The fourth-order valence-corrected chi connectivity index (χ4v) is 1.06. The van der Waals surface area contributed by atoms with Gasteiger partial charge in [-0.3, -0.25) is 5.41 Å². The Balaban J connectivity index is 2.87. The molecule has 0 saturated heterocycles. The lowest BCUT2D eigenvalue weighted by atomic mass is 10.2. The summed E-state index contributed by atoms with van der Waals surface area (Å²) in [6.45, 7) is 0.580. The number of hydrogen-bond donors (Lipinski definition) is 3. The summed E-state index contributed by atoms with van der Waals surface area (Å²) in [6.07, 6.45) is 1.60. The quantitative estimate of drug-likeness (QED) is 0.457. The highest BCUT2D eigenvalue weighted by molar-refractivity contribution is 5.95. The number of nitrogens with zero attached hydrogens (tertiary/aromatic N) is 2. The zero-order valence-corrected chi connectivity index (χ0v) is 8.07. The Labute approximate surface area is 82.7 Å². The molecular formula is C9H14N4O. The molecule has 5 nitrogen and oxygen atoms in total. The van der Waals surface area contributed by atoms with E-state index in [4.69, 9.17) is 16.2 Å². The number of amidine groups is 1. The van der Waals surface area contributed by atoms with Gasteiger partial charge >= 0.3 is 0 Å². The van der Waals surface area contributed by atoms with Gasteiger partial charge < -0.3 is 15.7 Å². The van der Waals surface area contributed by atoms with Crippen LogP contribution in [0.2, 0.25) is 0 Å². The van der Waals surface area contributed by atoms with Gasteiger partial charge in [0.15, 0.2) is 0 Å². The highest BCUT2D eigenvalue weighted by atomic mass is 16.3. The monoisotopic (exact) mass is 194 g/mol. The van der Waals surface area contributed by atoms with Crippen molar-refractivity contribution in [2.24, 2.45) is 5.73 Å². The van der Waals surface area contributed by atoms with Crippen LogP contribution in [0.25, 0.3) is 0 Å². The molecule has 14 heavy (non-hydrogen) atoms. The summed E-state index contributed by atoms with van der Waals surface area (Å²) in [6, 6.07) is 3.40. The first-order chi connectivity index (χ1) is 6.65. The Bertz CT molecular complexity index is 326. The Morgan fingerprint density at radius 3 is 3.00 bits per heavy atom. The van der Waals surface area contributed by atoms with Gasteiger partial charge in [0, 0.05) is 25.4 Å². The van der Waals surface area contributed by atoms with Crippen LogP contribution in [0.1, 0.15) is 5.56 Å². The molecule has 0 amide bonds. The van der Waals surface area contributed by atoms with E-state index >= 15 is 0 Å². The van der Waals surface area contributed by atoms with Gasteiger partial charge in [0.05, 0.1) is 6.61 Å². The largest absolute Gasteiger partial charge is 0.395 e. The molecule has 0 atom stereocenters. The van der Waals surface area contributed by atoms with Crippen LogP contribution in [-0.4, -0.2) is 36.1 Å². The number of likely N-dealkylation sites (N-methyl/N-ethyl adjacent to an activating group) is 1. The first kappa shape index (κ1) is 10.5. The van der Waals surface area contributed by atoms with Gasteiger partial charge in [-0.25, -0.2) is 4.98 Å². The zero-order valence-electron chi connectivity index (χ0n) is 8.07. The van der Waals surface area contributed by atoms with Gasteiger partial charge in [-0.2, -0.15) is 0 Å². The smallest absolute Gasteiger partial charge is 0.129 e. The maximum absolute atomic E-state index is 8.74. The van der Waals surface area contributed by atoms with Gasteiger partial charge in [-0.05, 0) is 12.1 Å². The van der Waals surface area contributed by atoms with Crippen LogP contribution in [0.4, 0.5) is 5.82 Å². The summed E-state index contributed by atoms with van der Waals surface area (Å²) < 4.78 is 0. The Morgan fingerprint density at radius 2 is 2.43 bits per heavy atom. The van der Waals surface area contributed by atoms with E-state index in [1.54, 1.807) is 23.2 Å². The van der Waals surface area contributed by atoms with E-state index in [-0.39, 0.29) is 12.4 Å². The van der Waals surface area contributed by atoms with Crippen molar-refractivity contribution in [2.45, 2.75) is 0 Å². The second kappa shape index (κ2) is 4.57. The molecule has 1 heterocycles. The molecule has 0 aliphatic heterocycles. The third kappa shape index (κ3) is 2.43. The van der Waals surface area contributed by atoms with Gasteiger partial charge in [0.1, 0.15) is 11.7 Å². The minimum absolute atomic E-state index is 0.0195. The van der Waals surface area contributed by atoms with Crippen LogP contribution in [-0.2, 0) is 0 Å². The van der Waals surface area contributed by atoms with E-state index in [0.717, 1.165) is 0 Å². The van der Waals surface area contributed by atoms with Gasteiger partial charge in [-0.1, -0.05) is 0 Å². The second-order valence-electron chi connectivity index (χ2n) is 2.96. The van der Waals surface area contributed by atoms with Gasteiger partial charge in [0.25, 0.3) is 0 Å². The predicted octanol–water partition coefficient (Wildman–Crippen LogP) is -0.206. The molecule has 76 valence electrons. The van der Waals surface area contributed by atoms with Crippen molar-refractivity contribution in [3.63, 3.8) is 0 Å². The van der Waals surface area contributed by atoms with E-state index < -0.39 is 0 Å². The Hall–Kier alpha value is -1.62. The van der Waals surface area contributed by atoms with Crippen molar-refractivity contribution in [3.05, 3.63) is 23.9 Å². The Morgan fingerprint density at radius 1 is 1.71 bits per heavy atom. The van der Waals surface area contributed by atoms with Crippen molar-refractivity contribution >= 4 is 11.7 Å². The van der Waals surface area contributed by atoms with Crippen molar-refractivity contribution in [2.75, 3.05) is 25.1 Å². The van der Waals surface area contributed by atoms with Crippen molar-refractivity contribution in [1.29, 1.82) is 5.41 Å². The van der Waals surface area contributed by atoms with Crippen LogP contribution < -0.4 is 10.6 Å². The molecular weight excluding hydrogens is 180 g/mol. The van der Waals surface area contributed by atoms with E-state index in [9.17, 15) is 0 Å². The molecule has 0 radical (unpaired) electrons. The van der Waals surface area contributed by atoms with Crippen molar-refractivity contribution in [1.82, 2.24) is 4.98 Å². The number of pyridine rings is 1. The molecule has 1 rings (SSSR count). The fourth-order valence-electron chi connectivity index (χ4n) is 1.06. The number of aromatic nitrogens is 1. The summed E-state index contributed by atoms with van der Waals surface area (Å²) in [7, 11) is 1.82. The highest BCUT2D eigenvalue weighted by Gasteiger charge is 2.03. The SMILES string of the molecule is CN(CCO)c1cc(C(=N)N)ccn1. The first-order valence-electron chi connectivity index (χ1n) is 4.27. The molecule has 5 heteroatoms.